The number of fused-ring (bicyclic) bond motifs is 7. The summed E-state index contributed by atoms with van der Waals surface area (Å²) < 4.78 is 17.7. The fourth-order valence-corrected chi connectivity index (χ4v) is 21.0. The monoisotopic (exact) mass is 1760 g/mol. The van der Waals surface area contributed by atoms with Gasteiger partial charge < -0.3 is 92.4 Å². The molecule has 40 heteroatoms. The molecule has 0 radical (unpaired) electrons. The number of carbonyl (C=O) groups is 11. The van der Waals surface area contributed by atoms with Gasteiger partial charge in [0.2, 0.25) is 29.6 Å². The predicted molar refractivity (Wildman–Crippen MR) is 461 cm³/mol. The average Bonchev–Trinajstić information content (AvgIpc) is 1.49. The number of carboxylic acids is 3. The Bertz CT molecular complexity index is 5320. The first-order chi connectivity index (χ1) is 59.5. The minimum Gasteiger partial charge on any atom is -0.496 e. The summed E-state index contributed by atoms with van der Waals surface area (Å²) in [6, 6.07) is 10.4. The summed E-state index contributed by atoms with van der Waals surface area (Å²) in [5.41, 5.74) is 8.79. The second kappa shape index (κ2) is 39.4. The maximum absolute atomic E-state index is 15.6. The van der Waals surface area contributed by atoms with E-state index in [0.717, 1.165) is 56.1 Å². The smallest absolute Gasteiger partial charge is 0.426 e. The third-order valence-corrected chi connectivity index (χ3v) is 26.6. The molecule has 3 aromatic carbocycles. The molecule has 1 spiro atoms. The number of H-pyrrole nitrogens is 2. The van der Waals surface area contributed by atoms with E-state index in [1.807, 2.05) is 63.2 Å². The highest BCUT2D eigenvalue weighted by atomic mass is 33.1. The number of carboxylic acid groups (broad SMARTS) is 3. The molecule has 6 aromatic rings. The minimum atomic E-state index is -2.66. The molecule has 125 heavy (non-hydrogen) atoms. The van der Waals surface area contributed by atoms with Crippen molar-refractivity contribution in [1.29, 1.82) is 0 Å². The first-order valence-electron chi connectivity index (χ1n) is 40.8. The van der Waals surface area contributed by atoms with E-state index in [1.54, 1.807) is 31.0 Å². The van der Waals surface area contributed by atoms with Crippen molar-refractivity contribution >= 4 is 126 Å². The van der Waals surface area contributed by atoms with Gasteiger partial charge in [0.15, 0.2) is 16.8 Å². The Labute approximate surface area is 727 Å². The van der Waals surface area contributed by atoms with Crippen LogP contribution in [0.5, 0.6) is 5.75 Å². The van der Waals surface area contributed by atoms with Gasteiger partial charge in [0, 0.05) is 139 Å². The molecule has 2 bridgehead atoms. The zero-order chi connectivity index (χ0) is 90.8. The van der Waals surface area contributed by atoms with Gasteiger partial charge >= 0.3 is 30.0 Å². The Morgan fingerprint density at radius 2 is 1.53 bits per heavy atom. The van der Waals surface area contributed by atoms with Crippen LogP contribution in [0.1, 0.15) is 137 Å². The van der Waals surface area contributed by atoms with Crippen LogP contribution in [0, 0.1) is 36.0 Å². The number of para-hydroxylation sites is 1. The fourth-order valence-electron chi connectivity index (χ4n) is 19.0. The molecule has 3 fully saturated rings. The van der Waals surface area contributed by atoms with Crippen LogP contribution in [-0.2, 0) is 76.4 Å². The van der Waals surface area contributed by atoms with Gasteiger partial charge in [-0.3, -0.25) is 63.4 Å². The maximum Gasteiger partial charge on any atom is 0.426 e. The summed E-state index contributed by atoms with van der Waals surface area (Å²) >= 11 is 0. The molecule has 5 aliphatic heterocycles. The van der Waals surface area contributed by atoms with Gasteiger partial charge in [0.05, 0.1) is 50.7 Å². The first-order valence-corrected chi connectivity index (χ1v) is 43.2. The van der Waals surface area contributed by atoms with Gasteiger partial charge in [0.1, 0.15) is 48.0 Å². The van der Waals surface area contributed by atoms with Gasteiger partial charge in [0.25, 0.3) is 17.4 Å². The van der Waals surface area contributed by atoms with E-state index >= 15 is 9.59 Å². The summed E-state index contributed by atoms with van der Waals surface area (Å²) in [5.74, 6) is -4.79. The summed E-state index contributed by atoms with van der Waals surface area (Å²) in [6.45, 7) is 11.5. The van der Waals surface area contributed by atoms with Gasteiger partial charge in [-0.1, -0.05) is 65.3 Å². The molecule has 2 saturated heterocycles. The maximum atomic E-state index is 15.6. The van der Waals surface area contributed by atoms with E-state index in [1.165, 1.54) is 32.5 Å². The first kappa shape index (κ1) is 93.6. The average molecular weight is 1770 g/mol. The molecule has 1 unspecified atom stereocenters. The van der Waals surface area contributed by atoms with Crippen LogP contribution < -0.4 is 63.7 Å². The number of aliphatic carboxylic acids is 3. The second-order valence-corrected chi connectivity index (χ2v) is 35.1. The van der Waals surface area contributed by atoms with Gasteiger partial charge in [-0.25, -0.2) is 29.8 Å². The number of likely N-dealkylation sites (N-methyl/N-ethyl adjacent to an activating group) is 1. The van der Waals surface area contributed by atoms with Crippen LogP contribution in [0.2, 0.25) is 0 Å². The number of aromatic nitrogens is 5. The standard InChI is InChI=1S/C61H79N9O16S2.C24H26N8O5/c1-9-14-41(64-49(75)42(24-46(72)73)62-34(5)71)48(74)65-43(50(76)77)31-88-87-22-21-86-56(81)67-66-54(79)61(83)52-59(18-20-70-29-33(4)26-58(11-3,51(59)70)53(61)78)38-23-39(45(84-7)25-44(38)68(52)6)60(55(80)85-8)28-35-27-57(82,10-2)32-69(30-35)19-17-37-36-15-12-13-16-40(36)63-47(37)60;1-3-4-13(2)28-18(33)10-9-17(23(36)37)30-21(34)14-5-7-15(8-6-14)26-11-16-12-27-20-19(29-16)22(35)32-24(25)31-20/h1,12-13,15-16,23,25-26,35,41-43,51-53,63,78,82-83H,10-11,14,17-22,24,27-32H2,2-8H3,(H,62,71)(H,64,75)(H,65,74)(H,66,79)(H,67,81)(H,72,73)(H,76,77);1,5-8,12-13,17,26H,4,9-11H2,2H3,(H,28,33)(H,30,34)(H,36,37)(H3,25,27,31,32,35)/t35-,41+,42+,43+,51+,52-,53-,57+,58-,59-,60+,61+;13-,17+/m11/s1. The highest BCUT2D eigenvalue weighted by Gasteiger charge is 2.79. The third kappa shape index (κ3) is 19.6. The number of aromatic amines is 2. The number of nitrogens with zero attached hydrogens (tertiary/aromatic N) is 6. The highest BCUT2D eigenvalue weighted by molar-refractivity contribution is 8.76. The van der Waals surface area contributed by atoms with Gasteiger partial charge in [-0.15, -0.1) is 24.7 Å². The van der Waals surface area contributed by atoms with E-state index in [2.05, 4.69) is 89.3 Å². The van der Waals surface area contributed by atoms with E-state index in [4.69, 9.17) is 32.8 Å². The topological polar surface area (TPSA) is 556 Å². The SMILES string of the molecule is C#CC[C@@H](C)NC(=O)CC[C@H](NC(=O)c1ccc(NCc2cnc3nc(N)[nH]c(=O)c3n2)cc1)C(=O)O.C#CC[C@H](NC(=O)[C@H](CC(=O)O)NC(C)=O)C(=O)N[C@@H](CSSCCOC(=O)NNC(=O)[C@@]1(O)[C@H](O)[C@]2(CC)C=C(C)CN3CC[C@@]4(c5cc([C@@]6(C(=O)OC)C[C@@H]7CN(CCc8c6[nH]c6ccccc86)C[C@](O)(CC)C7)c(OC)cc5N(C)[C@@H]14)[C@@H]32)C(=O)O. The number of terminal acetylenes is 2. The predicted octanol–water partition coefficient (Wildman–Crippen LogP) is 2.23. The molecule has 3 aromatic heterocycles. The van der Waals surface area contributed by atoms with Crippen molar-refractivity contribution in [1.82, 2.24) is 72.2 Å². The van der Waals surface area contributed by atoms with Crippen molar-refractivity contribution in [2.75, 3.05) is 88.1 Å². The Kier molecular flexibility index (Phi) is 29.5. The molecule has 12 rings (SSSR count). The minimum absolute atomic E-state index is 0.0484. The number of nitrogens with one attached hydrogen (secondary N) is 10. The number of benzene rings is 3. The van der Waals surface area contributed by atoms with Crippen molar-refractivity contribution in [3.05, 3.63) is 123 Å². The number of hydrogen-bond acceptors (Lipinski definition) is 28. The molecular formula is C85H105N17O21S2. The lowest BCUT2D eigenvalue weighted by Crippen LogP contribution is -2.82. The molecule has 15 atom stereocenters. The quantitative estimate of drug-likeness (QED) is 0.00719. The molecule has 1 aliphatic carbocycles. The number of carbonyl (C=O) groups excluding carboxylic acids is 8. The Balaban J connectivity index is 0.000000342. The molecule has 668 valence electrons. The summed E-state index contributed by atoms with van der Waals surface area (Å²) in [5, 5.41) is 83.3. The lowest BCUT2D eigenvalue weighted by atomic mass is 9.47. The van der Waals surface area contributed by atoms with E-state index in [0.29, 0.717) is 98.9 Å². The number of hydrogen-bond donors (Lipinski definition) is 17. The number of hydrazine groups is 1. The number of aliphatic hydroxyl groups is 3. The van der Waals surface area contributed by atoms with Crippen molar-refractivity contribution in [3.63, 3.8) is 0 Å². The molecular weight excluding hydrogens is 1660 g/mol. The number of piperidine rings is 1. The summed E-state index contributed by atoms with van der Waals surface area (Å²) in [6.07, 6.45) is 12.6. The third-order valence-electron chi connectivity index (χ3n) is 24.2. The van der Waals surface area contributed by atoms with Crippen LogP contribution in [-0.4, -0.2) is 262 Å². The zero-order valence-electron chi connectivity index (χ0n) is 70.3. The molecule has 8 heterocycles. The number of anilines is 3. The van der Waals surface area contributed by atoms with E-state index in [9.17, 15) is 78.6 Å². The highest BCUT2D eigenvalue weighted by Crippen LogP contribution is 2.68. The van der Waals surface area contributed by atoms with E-state index < -0.39 is 148 Å². The van der Waals surface area contributed by atoms with Crippen molar-refractivity contribution < 1.29 is 97.6 Å². The Morgan fingerprint density at radius 1 is 0.816 bits per heavy atom. The fraction of sp³-hybridized carbons (Fsp3) is 0.494. The molecule has 6 aliphatic rings. The van der Waals surface area contributed by atoms with Crippen LogP contribution >= 0.6 is 21.6 Å². The number of esters is 1. The number of amides is 7. The van der Waals surface area contributed by atoms with Gasteiger partial charge in [-0.05, 0) is 119 Å². The number of nitrogens with two attached hydrogens (primary N) is 1. The van der Waals surface area contributed by atoms with Crippen LogP contribution in [0.25, 0.3) is 22.1 Å². The van der Waals surface area contributed by atoms with Crippen molar-refractivity contribution in [2.45, 2.75) is 182 Å². The molecule has 38 nitrogen and oxygen atoms in total. The van der Waals surface area contributed by atoms with Gasteiger partial charge in [-0.2, -0.15) is 4.98 Å². The van der Waals surface area contributed by atoms with Crippen molar-refractivity contribution in [3.8, 4) is 30.4 Å². The summed E-state index contributed by atoms with van der Waals surface area (Å²) in [7, 11) is 6.74. The normalized spacial score (nSPS) is 24.3. The van der Waals surface area contributed by atoms with E-state index in [-0.39, 0.29) is 90.9 Å². The molecule has 18 N–H and O–H groups in total. The van der Waals surface area contributed by atoms with Crippen molar-refractivity contribution in [2.24, 2.45) is 11.3 Å². The molecule has 7 amide bonds. The van der Waals surface area contributed by atoms with Crippen LogP contribution in [0.4, 0.5) is 22.1 Å². The molecule has 1 saturated carbocycles. The largest absolute Gasteiger partial charge is 0.496 e. The van der Waals surface area contributed by atoms with Crippen LogP contribution in [0.15, 0.2) is 83.3 Å². The number of ether oxygens (including phenoxy) is 3. The lowest BCUT2D eigenvalue weighted by Gasteiger charge is -2.63. The second-order valence-electron chi connectivity index (χ2n) is 32.4. The number of nitrogen functional groups attached to an aromatic ring is 1. The Morgan fingerprint density at radius 3 is 2.20 bits per heavy atom. The number of methoxy groups -OCH3 is 2. The zero-order valence-corrected chi connectivity index (χ0v) is 71.9. The number of rotatable bonds is 32. The summed E-state index contributed by atoms with van der Waals surface area (Å²) in [4.78, 5) is 178. The van der Waals surface area contributed by atoms with Crippen LogP contribution in [0.3, 0.4) is 0 Å². The number of aliphatic hydroxyl groups excluding tert-OH is 1. The Hall–Kier alpha value is -12.1. The lowest BCUT2D eigenvalue weighted by molar-refractivity contribution is -0.204.